The Labute approximate surface area is 177 Å². The molecule has 1 aliphatic heterocycles. The van der Waals surface area contributed by atoms with Gasteiger partial charge in [-0.25, -0.2) is 4.98 Å². The molecule has 1 aromatic carbocycles. The Kier molecular flexibility index (Phi) is 5.90. The molecule has 4 rings (SSSR count). The van der Waals surface area contributed by atoms with Gasteiger partial charge in [0.05, 0.1) is 41.8 Å². The Morgan fingerprint density at radius 2 is 1.97 bits per heavy atom. The van der Waals surface area contributed by atoms with Crippen molar-refractivity contribution in [2.24, 2.45) is 0 Å². The van der Waals surface area contributed by atoms with Crippen LogP contribution in [0.25, 0.3) is 0 Å². The molecule has 30 heavy (non-hydrogen) atoms. The number of hydrogen-bond donors (Lipinski definition) is 1. The van der Waals surface area contributed by atoms with E-state index in [9.17, 15) is 4.79 Å². The first-order valence-corrected chi connectivity index (χ1v) is 10.4. The van der Waals surface area contributed by atoms with Gasteiger partial charge in [-0.3, -0.25) is 19.7 Å². The second-order valence-corrected chi connectivity index (χ2v) is 8.05. The number of nitrogens with zero attached hydrogens (tertiary/aromatic N) is 5. The van der Waals surface area contributed by atoms with Gasteiger partial charge in [0.15, 0.2) is 0 Å². The van der Waals surface area contributed by atoms with Crippen molar-refractivity contribution in [3.63, 3.8) is 0 Å². The van der Waals surface area contributed by atoms with Crippen LogP contribution in [-0.2, 0) is 24.3 Å². The van der Waals surface area contributed by atoms with Crippen molar-refractivity contribution in [3.05, 3.63) is 77.4 Å². The SMILES string of the molecule is Cc1cnc(CNC(=O)[C@@H]2c3c(ncn3C(C)C)CCN2Cc2ccccc2)cn1. The number of carbonyl (C=O) groups excluding carboxylic acids is 1. The van der Waals surface area contributed by atoms with Crippen LogP contribution in [0.3, 0.4) is 0 Å². The number of rotatable bonds is 6. The number of carbonyl (C=O) groups is 1. The first-order chi connectivity index (χ1) is 14.5. The van der Waals surface area contributed by atoms with Crippen LogP contribution in [0, 0.1) is 6.92 Å². The zero-order valence-corrected chi connectivity index (χ0v) is 17.7. The van der Waals surface area contributed by atoms with Crippen molar-refractivity contribution < 1.29 is 4.79 Å². The Balaban J connectivity index is 1.61. The fourth-order valence-electron chi connectivity index (χ4n) is 3.93. The standard InChI is InChI=1S/C23H28N6O/c1-16(2)29-15-27-20-9-10-28(14-18-7-5-4-6-8-18)22(21(20)29)23(30)26-13-19-12-24-17(3)11-25-19/h4-8,11-12,15-16,22H,9-10,13-14H2,1-3H3,(H,26,30)/t22-/m0/s1. The van der Waals surface area contributed by atoms with E-state index in [1.807, 2.05) is 31.5 Å². The second kappa shape index (κ2) is 8.75. The average molecular weight is 405 g/mol. The average Bonchev–Trinajstić information content (AvgIpc) is 3.18. The highest BCUT2D eigenvalue weighted by Gasteiger charge is 2.36. The van der Waals surface area contributed by atoms with Gasteiger partial charge in [0.2, 0.25) is 5.91 Å². The molecule has 7 heteroatoms. The third-order valence-electron chi connectivity index (χ3n) is 5.48. The van der Waals surface area contributed by atoms with Crippen molar-refractivity contribution >= 4 is 5.91 Å². The summed E-state index contributed by atoms with van der Waals surface area (Å²) in [5, 5.41) is 3.08. The smallest absolute Gasteiger partial charge is 0.243 e. The van der Waals surface area contributed by atoms with Crippen LogP contribution < -0.4 is 5.32 Å². The first-order valence-electron chi connectivity index (χ1n) is 10.4. The molecule has 3 heterocycles. The molecular formula is C23H28N6O. The lowest BCUT2D eigenvalue weighted by Gasteiger charge is -2.36. The van der Waals surface area contributed by atoms with E-state index in [-0.39, 0.29) is 11.9 Å². The fraction of sp³-hybridized carbons (Fsp3) is 0.391. The lowest BCUT2D eigenvalue weighted by molar-refractivity contribution is -0.127. The first kappa shape index (κ1) is 20.2. The lowest BCUT2D eigenvalue weighted by Crippen LogP contribution is -2.45. The van der Waals surface area contributed by atoms with Gasteiger partial charge in [-0.2, -0.15) is 0 Å². The van der Waals surface area contributed by atoms with Crippen molar-refractivity contribution in [1.82, 2.24) is 29.7 Å². The minimum atomic E-state index is -0.391. The highest BCUT2D eigenvalue weighted by atomic mass is 16.2. The Morgan fingerprint density at radius 3 is 2.67 bits per heavy atom. The van der Waals surface area contributed by atoms with Gasteiger partial charge in [0, 0.05) is 31.7 Å². The summed E-state index contributed by atoms with van der Waals surface area (Å²) in [6, 6.07) is 10.1. The number of benzene rings is 1. The molecule has 7 nitrogen and oxygen atoms in total. The van der Waals surface area contributed by atoms with Gasteiger partial charge in [-0.15, -0.1) is 0 Å². The highest BCUT2D eigenvalue weighted by Crippen LogP contribution is 2.32. The van der Waals surface area contributed by atoms with E-state index < -0.39 is 6.04 Å². The Morgan fingerprint density at radius 1 is 1.17 bits per heavy atom. The summed E-state index contributed by atoms with van der Waals surface area (Å²) in [6.07, 6.45) is 6.14. The van der Waals surface area contributed by atoms with Crippen molar-refractivity contribution in [3.8, 4) is 0 Å². The predicted molar refractivity (Wildman–Crippen MR) is 115 cm³/mol. The van der Waals surface area contributed by atoms with E-state index in [0.29, 0.717) is 13.1 Å². The minimum Gasteiger partial charge on any atom is -0.349 e. The third-order valence-corrected chi connectivity index (χ3v) is 5.48. The minimum absolute atomic E-state index is 0.0309. The number of hydrogen-bond acceptors (Lipinski definition) is 5. The van der Waals surface area contributed by atoms with Gasteiger partial charge >= 0.3 is 0 Å². The van der Waals surface area contributed by atoms with Crippen LogP contribution in [0.1, 0.15) is 54.3 Å². The van der Waals surface area contributed by atoms with E-state index in [4.69, 9.17) is 0 Å². The van der Waals surface area contributed by atoms with E-state index in [2.05, 4.69) is 55.7 Å². The second-order valence-electron chi connectivity index (χ2n) is 8.05. The van der Waals surface area contributed by atoms with Crippen LogP contribution in [0.2, 0.25) is 0 Å². The van der Waals surface area contributed by atoms with Crippen LogP contribution in [0.15, 0.2) is 49.1 Å². The molecule has 1 amide bonds. The number of imidazole rings is 1. The zero-order chi connectivity index (χ0) is 21.1. The van der Waals surface area contributed by atoms with Gasteiger partial charge in [-0.05, 0) is 26.3 Å². The largest absolute Gasteiger partial charge is 0.349 e. The van der Waals surface area contributed by atoms with Crippen molar-refractivity contribution in [2.45, 2.75) is 52.4 Å². The number of aryl methyl sites for hydroxylation is 1. The summed E-state index contributed by atoms with van der Waals surface area (Å²) >= 11 is 0. The molecule has 0 saturated heterocycles. The summed E-state index contributed by atoms with van der Waals surface area (Å²) in [7, 11) is 0. The maximum absolute atomic E-state index is 13.4. The van der Waals surface area contributed by atoms with Gasteiger partial charge in [0.1, 0.15) is 6.04 Å². The maximum Gasteiger partial charge on any atom is 0.243 e. The lowest BCUT2D eigenvalue weighted by atomic mass is 10.00. The molecule has 0 fully saturated rings. The topological polar surface area (TPSA) is 75.9 Å². The summed E-state index contributed by atoms with van der Waals surface area (Å²) in [5.41, 5.74) is 4.82. The number of fused-ring (bicyclic) bond motifs is 1. The molecular weight excluding hydrogens is 376 g/mol. The molecule has 0 aliphatic carbocycles. The van der Waals surface area contributed by atoms with Crippen molar-refractivity contribution in [1.29, 1.82) is 0 Å². The predicted octanol–water partition coefficient (Wildman–Crippen LogP) is 2.98. The van der Waals surface area contributed by atoms with E-state index in [1.165, 1.54) is 5.56 Å². The van der Waals surface area contributed by atoms with Crippen LogP contribution in [0.4, 0.5) is 0 Å². The molecule has 0 spiro atoms. The van der Waals surface area contributed by atoms with E-state index >= 15 is 0 Å². The van der Waals surface area contributed by atoms with E-state index in [0.717, 1.165) is 35.7 Å². The maximum atomic E-state index is 13.4. The summed E-state index contributed by atoms with van der Waals surface area (Å²) in [4.78, 5) is 28.9. The number of aromatic nitrogens is 4. The molecule has 156 valence electrons. The van der Waals surface area contributed by atoms with E-state index in [1.54, 1.807) is 12.4 Å². The van der Waals surface area contributed by atoms with Crippen LogP contribution in [0.5, 0.6) is 0 Å². The summed E-state index contributed by atoms with van der Waals surface area (Å²) in [6.45, 7) is 8.00. The molecule has 0 saturated carbocycles. The Hall–Kier alpha value is -3.06. The monoisotopic (exact) mass is 404 g/mol. The molecule has 0 unspecified atom stereocenters. The molecule has 0 bridgehead atoms. The van der Waals surface area contributed by atoms with Gasteiger partial charge < -0.3 is 9.88 Å². The molecule has 1 aliphatic rings. The molecule has 1 atom stereocenters. The van der Waals surface area contributed by atoms with Crippen molar-refractivity contribution in [2.75, 3.05) is 6.54 Å². The summed E-state index contributed by atoms with van der Waals surface area (Å²) < 4.78 is 2.13. The third kappa shape index (κ3) is 4.26. The molecule has 3 aromatic rings. The fourth-order valence-corrected chi connectivity index (χ4v) is 3.93. The molecule has 2 aromatic heterocycles. The van der Waals surface area contributed by atoms with Gasteiger partial charge in [-0.1, -0.05) is 30.3 Å². The molecule has 1 N–H and O–H groups in total. The zero-order valence-electron chi connectivity index (χ0n) is 17.7. The number of nitrogens with one attached hydrogen (secondary N) is 1. The summed E-state index contributed by atoms with van der Waals surface area (Å²) in [5.74, 6) is -0.0309. The Bertz CT molecular complexity index is 996. The molecule has 0 radical (unpaired) electrons. The quantitative estimate of drug-likeness (QED) is 0.684. The van der Waals surface area contributed by atoms with Crippen LogP contribution >= 0.6 is 0 Å². The highest BCUT2D eigenvalue weighted by molar-refractivity contribution is 5.83. The normalized spacial score (nSPS) is 16.5. The van der Waals surface area contributed by atoms with Crippen LogP contribution in [-0.4, -0.2) is 36.9 Å². The van der Waals surface area contributed by atoms with Gasteiger partial charge in [0.25, 0.3) is 0 Å². The number of amides is 1.